The fraction of sp³-hybridized carbons (Fsp3) is 0.0357. The number of fused-ring (bicyclic) bond motifs is 13. The number of rotatable bonds is 10. The molecule has 2 aromatic heterocycles. The number of hydrogen-bond donors (Lipinski definition) is 0. The highest BCUT2D eigenvalue weighted by atomic mass is 15.1. The molecule has 0 bridgehead atoms. The first-order valence-electron chi connectivity index (χ1n) is 30.6. The smallest absolute Gasteiger partial charge is 0.164 e. The van der Waals surface area contributed by atoms with E-state index >= 15 is 0 Å². The van der Waals surface area contributed by atoms with Crippen LogP contribution in [0.4, 0.5) is 17.1 Å². The molecular weight excluding hydrogens is 1080 g/mol. The Bertz CT molecular complexity index is 5300. The Morgan fingerprint density at radius 2 is 0.663 bits per heavy atom. The van der Waals surface area contributed by atoms with Crippen LogP contribution in [0, 0.1) is 0 Å². The zero-order chi connectivity index (χ0) is 59.2. The average Bonchev–Trinajstić information content (AvgIpc) is 1.63. The molecule has 5 heteroatoms. The van der Waals surface area contributed by atoms with Crippen molar-refractivity contribution in [1.29, 1.82) is 0 Å². The third-order valence-corrected chi connectivity index (χ3v) is 18.4. The van der Waals surface area contributed by atoms with Crippen molar-refractivity contribution in [1.82, 2.24) is 19.5 Å². The van der Waals surface area contributed by atoms with Crippen molar-refractivity contribution >= 4 is 71.2 Å². The average molecular weight is 1140 g/mol. The Hall–Kier alpha value is -11.5. The minimum atomic E-state index is -0.289. The number of nitrogens with zero attached hydrogens (tertiary/aromatic N) is 5. The highest BCUT2D eigenvalue weighted by Crippen LogP contribution is 2.56. The summed E-state index contributed by atoms with van der Waals surface area (Å²) in [5, 5.41) is 10.1. The minimum absolute atomic E-state index is 0.289. The van der Waals surface area contributed by atoms with E-state index in [-0.39, 0.29) is 5.41 Å². The van der Waals surface area contributed by atoms with Gasteiger partial charge in [0.05, 0.1) is 11.0 Å². The summed E-state index contributed by atoms with van der Waals surface area (Å²) in [4.78, 5) is 17.6. The van der Waals surface area contributed by atoms with Crippen LogP contribution < -0.4 is 4.90 Å². The molecule has 0 unspecified atom stereocenters. The van der Waals surface area contributed by atoms with Crippen LogP contribution in [0.1, 0.15) is 25.0 Å². The van der Waals surface area contributed by atoms with Crippen molar-refractivity contribution < 1.29 is 0 Å². The van der Waals surface area contributed by atoms with Gasteiger partial charge in [0.15, 0.2) is 17.5 Å². The number of hydrogen-bond acceptors (Lipinski definition) is 4. The Kier molecular flexibility index (Phi) is 12.2. The zero-order valence-corrected chi connectivity index (χ0v) is 49.2. The summed E-state index contributed by atoms with van der Waals surface area (Å²) in [6.45, 7) is 4.83. The lowest BCUT2D eigenvalue weighted by atomic mass is 9.81. The van der Waals surface area contributed by atoms with Crippen molar-refractivity contribution in [3.8, 4) is 84.4 Å². The summed E-state index contributed by atoms with van der Waals surface area (Å²) in [6.07, 6.45) is 0. The van der Waals surface area contributed by atoms with E-state index in [4.69, 9.17) is 15.0 Å². The third-order valence-electron chi connectivity index (χ3n) is 18.4. The molecule has 14 aromatic carbocycles. The first-order chi connectivity index (χ1) is 43.9. The highest BCUT2D eigenvalue weighted by molar-refractivity contribution is 6.27. The number of benzene rings is 14. The monoisotopic (exact) mass is 1140 g/mol. The van der Waals surface area contributed by atoms with Crippen molar-refractivity contribution in [3.05, 3.63) is 321 Å². The second kappa shape index (κ2) is 20.9. The Morgan fingerprint density at radius 3 is 1.16 bits per heavy atom. The van der Waals surface area contributed by atoms with E-state index in [1.165, 1.54) is 76.5 Å². The molecule has 0 saturated heterocycles. The van der Waals surface area contributed by atoms with Gasteiger partial charge in [-0.1, -0.05) is 232 Å². The van der Waals surface area contributed by atoms with E-state index in [0.717, 1.165) is 72.7 Å². The molecule has 1 aliphatic carbocycles. The number of aromatic nitrogens is 4. The van der Waals surface area contributed by atoms with E-state index < -0.39 is 0 Å². The lowest BCUT2D eigenvalue weighted by Crippen LogP contribution is -2.14. The van der Waals surface area contributed by atoms with Crippen LogP contribution in [-0.2, 0) is 5.41 Å². The van der Waals surface area contributed by atoms with Crippen LogP contribution in [0.3, 0.4) is 0 Å². The minimum Gasteiger partial charge on any atom is -0.310 e. The van der Waals surface area contributed by atoms with Gasteiger partial charge in [0.25, 0.3) is 0 Å². The summed E-state index contributed by atoms with van der Waals surface area (Å²) in [6, 6.07) is 112. The molecular formula is C84H57N5. The topological polar surface area (TPSA) is 46.8 Å². The Labute approximate surface area is 516 Å². The molecule has 0 amide bonds. The van der Waals surface area contributed by atoms with E-state index in [1.54, 1.807) is 0 Å². The maximum Gasteiger partial charge on any atom is 0.164 e. The predicted octanol–water partition coefficient (Wildman–Crippen LogP) is 22.2. The van der Waals surface area contributed by atoms with Crippen molar-refractivity contribution in [2.24, 2.45) is 0 Å². The van der Waals surface area contributed by atoms with Gasteiger partial charge in [-0.05, 0) is 179 Å². The van der Waals surface area contributed by atoms with Gasteiger partial charge >= 0.3 is 0 Å². The molecule has 17 rings (SSSR count). The van der Waals surface area contributed by atoms with E-state index in [1.807, 2.05) is 36.4 Å². The van der Waals surface area contributed by atoms with Gasteiger partial charge < -0.3 is 9.47 Å². The standard InChI is InChI=1S/C84H57N5/c1-84(2)75-45-47-78-80(79(75)73-52-71-69-38-17-15-36-67(69)68-37-16-18-39-70(68)72(71)53-76(73)84)74-51-62(42-46-77(74)89(78)63-43-40-58(41-44-63)83-86-81(56-26-11-5-12-27-56)85-82(87-83)57-28-13-6-14-29-57)61-32-21-35-66(50-61)88(64-33-19-30-59(48-64)54-22-7-3-8-23-54)65-34-20-31-60(49-65)55-24-9-4-10-25-55/h3-53H,1-2H3. The Balaban J connectivity index is 0.868. The first-order valence-corrected chi connectivity index (χ1v) is 30.6. The van der Waals surface area contributed by atoms with Gasteiger partial charge in [0.1, 0.15) is 0 Å². The Morgan fingerprint density at radius 1 is 0.281 bits per heavy atom. The summed E-state index contributed by atoms with van der Waals surface area (Å²) < 4.78 is 2.46. The van der Waals surface area contributed by atoms with Gasteiger partial charge in [-0.25, -0.2) is 15.0 Å². The second-order valence-corrected chi connectivity index (χ2v) is 23.9. The molecule has 0 spiro atoms. The van der Waals surface area contributed by atoms with Gasteiger partial charge in [-0.2, -0.15) is 0 Å². The van der Waals surface area contributed by atoms with Crippen LogP contribution in [0.15, 0.2) is 309 Å². The van der Waals surface area contributed by atoms with Crippen molar-refractivity contribution in [2.45, 2.75) is 19.3 Å². The summed E-state index contributed by atoms with van der Waals surface area (Å²) in [5.74, 6) is 1.89. The summed E-state index contributed by atoms with van der Waals surface area (Å²) >= 11 is 0. The van der Waals surface area contributed by atoms with E-state index in [0.29, 0.717) is 17.5 Å². The molecule has 0 radical (unpaired) electrons. The fourth-order valence-corrected chi connectivity index (χ4v) is 14.1. The van der Waals surface area contributed by atoms with Gasteiger partial charge in [0.2, 0.25) is 0 Å². The number of anilines is 3. The molecule has 0 aliphatic heterocycles. The molecule has 0 atom stereocenters. The van der Waals surface area contributed by atoms with Crippen molar-refractivity contribution in [2.75, 3.05) is 4.90 Å². The molecule has 418 valence electrons. The van der Waals surface area contributed by atoms with Crippen LogP contribution in [0.2, 0.25) is 0 Å². The highest BCUT2D eigenvalue weighted by Gasteiger charge is 2.38. The van der Waals surface area contributed by atoms with Gasteiger partial charge in [0, 0.05) is 55.6 Å². The largest absolute Gasteiger partial charge is 0.310 e. The fourth-order valence-electron chi connectivity index (χ4n) is 14.1. The lowest BCUT2D eigenvalue weighted by Gasteiger charge is -2.27. The zero-order valence-electron chi connectivity index (χ0n) is 49.2. The quantitative estimate of drug-likeness (QED) is 0.128. The molecule has 16 aromatic rings. The van der Waals surface area contributed by atoms with E-state index in [2.05, 4.69) is 296 Å². The first kappa shape index (κ1) is 51.9. The summed E-state index contributed by atoms with van der Waals surface area (Å²) in [5.41, 5.74) is 21.2. The van der Waals surface area contributed by atoms with E-state index in [9.17, 15) is 0 Å². The van der Waals surface area contributed by atoms with Crippen LogP contribution in [-0.4, -0.2) is 19.5 Å². The molecule has 1 aliphatic rings. The lowest BCUT2D eigenvalue weighted by molar-refractivity contribution is 0.661. The molecule has 0 saturated carbocycles. The predicted molar refractivity (Wildman–Crippen MR) is 372 cm³/mol. The third kappa shape index (κ3) is 8.72. The maximum absolute atomic E-state index is 5.11. The van der Waals surface area contributed by atoms with Gasteiger partial charge in [-0.15, -0.1) is 0 Å². The van der Waals surface area contributed by atoms with Crippen molar-refractivity contribution in [3.63, 3.8) is 0 Å². The SMILES string of the molecule is CC1(C)c2cc3c4ccccc4c4ccccc4c3cc2-c2c1ccc1c2c2cc(-c3cccc(N(c4cccc(-c5ccccc5)c4)c4cccc(-c5ccccc5)c4)c3)ccc2n1-c1ccc(-c2nc(-c3ccccc3)nc(-c3ccccc3)n2)cc1. The van der Waals surface area contributed by atoms with Crippen LogP contribution in [0.5, 0.6) is 0 Å². The molecule has 0 fully saturated rings. The maximum atomic E-state index is 5.11. The summed E-state index contributed by atoms with van der Waals surface area (Å²) in [7, 11) is 0. The molecule has 5 nitrogen and oxygen atoms in total. The molecule has 2 heterocycles. The molecule has 0 N–H and O–H groups in total. The van der Waals surface area contributed by atoms with Crippen LogP contribution >= 0.6 is 0 Å². The van der Waals surface area contributed by atoms with Crippen LogP contribution in [0.25, 0.3) is 138 Å². The normalized spacial score (nSPS) is 12.5. The molecule has 89 heavy (non-hydrogen) atoms. The van der Waals surface area contributed by atoms with Gasteiger partial charge in [-0.3, -0.25) is 0 Å². The second-order valence-electron chi connectivity index (χ2n) is 23.9.